The molecule has 2 heterocycles. The number of halogens is 1. The van der Waals surface area contributed by atoms with E-state index >= 15 is 0 Å². The van der Waals surface area contributed by atoms with Gasteiger partial charge in [0.1, 0.15) is 5.15 Å². The second-order valence-electron chi connectivity index (χ2n) is 4.79. The molecule has 1 atom stereocenters. The maximum absolute atomic E-state index is 9.98. The summed E-state index contributed by atoms with van der Waals surface area (Å²) < 4.78 is 0. The highest BCUT2D eigenvalue weighted by molar-refractivity contribution is 6.62. The van der Waals surface area contributed by atoms with Crippen LogP contribution in [-0.2, 0) is 9.59 Å². The zero-order valence-electron chi connectivity index (χ0n) is 12.0. The van der Waals surface area contributed by atoms with Gasteiger partial charge in [0.25, 0.3) is 0 Å². The molecule has 1 aromatic heterocycles. The van der Waals surface area contributed by atoms with Crippen molar-refractivity contribution in [3.8, 4) is 0 Å². The smallest absolute Gasteiger partial charge is 0.357 e. The van der Waals surface area contributed by atoms with Crippen molar-refractivity contribution in [1.82, 2.24) is 9.88 Å². The number of nitrogens with zero attached hydrogens (tertiary/aromatic N) is 2. The quantitative estimate of drug-likeness (QED) is 0.507. The zero-order chi connectivity index (χ0) is 16.0. The standard InChI is InChI=1S/C10H13ClN2.C4H5NO3/c1-13-6-2-3-9(13)8-4-5-10(11)12-7-8;1-2(6)3(5)4(7)8/h4-5,7,9H,2-3,6H2,1H3;5H,1H3,(H,7,8). The van der Waals surface area contributed by atoms with Gasteiger partial charge < -0.3 is 5.11 Å². The van der Waals surface area contributed by atoms with E-state index in [2.05, 4.69) is 23.0 Å². The predicted molar refractivity (Wildman–Crippen MR) is 79.9 cm³/mol. The second-order valence-corrected chi connectivity index (χ2v) is 5.18. The average molecular weight is 312 g/mol. The molecule has 7 heteroatoms. The third-order valence-electron chi connectivity index (χ3n) is 3.22. The third-order valence-corrected chi connectivity index (χ3v) is 3.44. The van der Waals surface area contributed by atoms with Crippen LogP contribution in [0.25, 0.3) is 0 Å². The van der Waals surface area contributed by atoms with Crippen LogP contribution in [0.2, 0.25) is 5.15 Å². The Morgan fingerprint density at radius 1 is 1.48 bits per heavy atom. The van der Waals surface area contributed by atoms with Gasteiger partial charge in [0.2, 0.25) is 0 Å². The molecule has 2 N–H and O–H groups in total. The summed E-state index contributed by atoms with van der Waals surface area (Å²) in [6.45, 7) is 2.23. The van der Waals surface area contributed by atoms with Crippen molar-refractivity contribution in [2.75, 3.05) is 13.6 Å². The SMILES string of the molecule is CC(=O)C(=N)C(=O)O.CN1CCCC1c1ccc(Cl)nc1. The zero-order valence-corrected chi connectivity index (χ0v) is 12.7. The minimum atomic E-state index is -1.47. The van der Waals surface area contributed by atoms with Gasteiger partial charge in [0, 0.05) is 19.2 Å². The van der Waals surface area contributed by atoms with Crippen LogP contribution in [0.15, 0.2) is 18.3 Å². The number of Topliss-reactive ketones (excluding diaryl/α,β-unsaturated/α-hetero) is 1. The van der Waals surface area contributed by atoms with Gasteiger partial charge in [-0.2, -0.15) is 0 Å². The van der Waals surface area contributed by atoms with Crippen molar-refractivity contribution in [3.63, 3.8) is 0 Å². The fraction of sp³-hybridized carbons (Fsp3) is 0.429. The summed E-state index contributed by atoms with van der Waals surface area (Å²) in [6.07, 6.45) is 4.40. The van der Waals surface area contributed by atoms with Crippen LogP contribution >= 0.6 is 11.6 Å². The number of hydrogen-bond acceptors (Lipinski definition) is 5. The molecule has 114 valence electrons. The van der Waals surface area contributed by atoms with Gasteiger partial charge in [-0.25, -0.2) is 9.78 Å². The summed E-state index contributed by atoms with van der Waals surface area (Å²) in [4.78, 5) is 26.1. The minimum Gasteiger partial charge on any atom is -0.476 e. The maximum atomic E-state index is 9.98. The Kier molecular flexibility index (Phi) is 6.45. The van der Waals surface area contributed by atoms with E-state index in [0.717, 1.165) is 6.92 Å². The van der Waals surface area contributed by atoms with E-state index in [4.69, 9.17) is 22.1 Å². The van der Waals surface area contributed by atoms with Gasteiger partial charge in [-0.05, 0) is 38.1 Å². The number of rotatable bonds is 3. The molecule has 1 fully saturated rings. The Morgan fingerprint density at radius 3 is 2.48 bits per heavy atom. The van der Waals surface area contributed by atoms with Gasteiger partial charge in [-0.15, -0.1) is 0 Å². The van der Waals surface area contributed by atoms with Crippen LogP contribution in [0.4, 0.5) is 0 Å². The fourth-order valence-electron chi connectivity index (χ4n) is 2.07. The van der Waals surface area contributed by atoms with Crippen molar-refractivity contribution >= 4 is 29.1 Å². The molecule has 0 bridgehead atoms. The van der Waals surface area contributed by atoms with E-state index in [-0.39, 0.29) is 0 Å². The fourth-order valence-corrected chi connectivity index (χ4v) is 2.18. The predicted octanol–water partition coefficient (Wildman–Crippen LogP) is 2.18. The van der Waals surface area contributed by atoms with Crippen LogP contribution in [0.5, 0.6) is 0 Å². The van der Waals surface area contributed by atoms with Crippen LogP contribution in [0.3, 0.4) is 0 Å². The number of carboxylic acids is 1. The number of carbonyl (C=O) groups excluding carboxylic acids is 1. The van der Waals surface area contributed by atoms with Crippen molar-refractivity contribution in [2.24, 2.45) is 0 Å². The van der Waals surface area contributed by atoms with E-state index < -0.39 is 17.5 Å². The van der Waals surface area contributed by atoms with Gasteiger partial charge in [-0.1, -0.05) is 17.7 Å². The average Bonchev–Trinajstić information content (AvgIpc) is 2.85. The number of carboxylic acid groups (broad SMARTS) is 1. The number of pyridine rings is 1. The molecular weight excluding hydrogens is 294 g/mol. The Labute approximate surface area is 128 Å². The van der Waals surface area contributed by atoms with Crippen LogP contribution in [0.1, 0.15) is 31.4 Å². The first-order valence-corrected chi connectivity index (χ1v) is 6.85. The minimum absolute atomic E-state index is 0.546. The van der Waals surface area contributed by atoms with E-state index in [0.29, 0.717) is 11.2 Å². The Balaban J connectivity index is 0.000000240. The molecule has 2 rings (SSSR count). The molecule has 1 unspecified atom stereocenters. The number of likely N-dealkylation sites (tertiary alicyclic amines) is 1. The molecular formula is C14H18ClN3O3. The van der Waals surface area contributed by atoms with Gasteiger partial charge >= 0.3 is 5.97 Å². The van der Waals surface area contributed by atoms with Crippen LogP contribution < -0.4 is 0 Å². The first-order chi connectivity index (χ1) is 9.82. The monoisotopic (exact) mass is 311 g/mol. The van der Waals surface area contributed by atoms with Gasteiger partial charge in [-0.3, -0.25) is 15.1 Å². The van der Waals surface area contributed by atoms with Crippen molar-refractivity contribution in [3.05, 3.63) is 29.0 Å². The molecule has 1 aliphatic heterocycles. The van der Waals surface area contributed by atoms with Gasteiger partial charge in [0.15, 0.2) is 11.5 Å². The van der Waals surface area contributed by atoms with E-state index in [1.165, 1.54) is 24.9 Å². The molecule has 6 nitrogen and oxygen atoms in total. The first-order valence-electron chi connectivity index (χ1n) is 6.47. The topological polar surface area (TPSA) is 94.3 Å². The second kappa shape index (κ2) is 7.85. The Morgan fingerprint density at radius 2 is 2.14 bits per heavy atom. The molecule has 0 aromatic carbocycles. The highest BCUT2D eigenvalue weighted by Crippen LogP contribution is 2.29. The molecule has 0 spiro atoms. The van der Waals surface area contributed by atoms with E-state index in [9.17, 15) is 9.59 Å². The molecule has 0 radical (unpaired) electrons. The van der Waals surface area contributed by atoms with Crippen LogP contribution in [0, 0.1) is 5.41 Å². The lowest BCUT2D eigenvalue weighted by atomic mass is 10.1. The highest BCUT2D eigenvalue weighted by atomic mass is 35.5. The maximum Gasteiger partial charge on any atom is 0.357 e. The van der Waals surface area contributed by atoms with Crippen molar-refractivity contribution in [1.29, 1.82) is 5.41 Å². The number of carbonyl (C=O) groups is 2. The summed E-state index contributed by atoms with van der Waals surface area (Å²) in [5.41, 5.74) is 0.411. The molecule has 1 aromatic rings. The van der Waals surface area contributed by atoms with Crippen molar-refractivity contribution in [2.45, 2.75) is 25.8 Å². The number of aromatic nitrogens is 1. The normalized spacial score (nSPS) is 17.8. The molecule has 1 aliphatic rings. The van der Waals surface area contributed by atoms with Crippen molar-refractivity contribution < 1.29 is 14.7 Å². The summed E-state index contributed by atoms with van der Waals surface area (Å²) in [7, 11) is 2.16. The lowest BCUT2D eigenvalue weighted by molar-refractivity contribution is -0.130. The largest absolute Gasteiger partial charge is 0.476 e. The van der Waals surface area contributed by atoms with Crippen LogP contribution in [-0.4, -0.2) is 46.0 Å². The first kappa shape index (κ1) is 17.3. The number of aliphatic carboxylic acids is 1. The molecule has 21 heavy (non-hydrogen) atoms. The third kappa shape index (κ3) is 5.24. The number of hydrogen-bond donors (Lipinski definition) is 2. The van der Waals surface area contributed by atoms with E-state index in [1.807, 2.05) is 12.3 Å². The summed E-state index contributed by atoms with van der Waals surface area (Å²) >= 11 is 5.73. The Hall–Kier alpha value is -1.79. The molecule has 0 saturated carbocycles. The number of nitrogens with one attached hydrogen (secondary N) is 1. The van der Waals surface area contributed by atoms with E-state index in [1.54, 1.807) is 0 Å². The summed E-state index contributed by atoms with van der Waals surface area (Å²) in [6, 6.07) is 4.48. The molecule has 0 amide bonds. The summed E-state index contributed by atoms with van der Waals surface area (Å²) in [5.74, 6) is -2.20. The molecule has 0 aliphatic carbocycles. The summed E-state index contributed by atoms with van der Waals surface area (Å²) in [5, 5.41) is 14.9. The highest BCUT2D eigenvalue weighted by Gasteiger charge is 2.22. The lowest BCUT2D eigenvalue weighted by Gasteiger charge is -2.19. The number of ketones is 1. The Bertz CT molecular complexity index is 515. The molecule has 1 saturated heterocycles. The lowest BCUT2D eigenvalue weighted by Crippen LogP contribution is -2.19. The van der Waals surface area contributed by atoms with Gasteiger partial charge in [0.05, 0.1) is 0 Å².